The molecule has 0 spiro atoms. The molecule has 0 radical (unpaired) electrons. The van der Waals surface area contributed by atoms with Gasteiger partial charge in [0, 0.05) is 5.56 Å². The van der Waals surface area contributed by atoms with Gasteiger partial charge in [-0.15, -0.1) is 0 Å². The van der Waals surface area contributed by atoms with Gasteiger partial charge in [0.25, 0.3) is 5.56 Å². The lowest BCUT2D eigenvalue weighted by Gasteiger charge is -2.26. The standard InChI is InChI=1S/C41H34N2O6S/c1-4-48-40(45)36-37(28-14-6-5-7-15-28)42-41-43(38(36)29-20-21-33(46-2)34(24-29)47-3)39(44)35(50-41)23-26-12-10-18-31(22-26)49-25-30-17-11-16-27-13-8-9-19-32(27)30/h5-24,38H,4,25H2,1-3H3/b35-23-/t38-/m1/s1. The van der Waals surface area contributed by atoms with Gasteiger partial charge in [0.15, 0.2) is 16.3 Å². The summed E-state index contributed by atoms with van der Waals surface area (Å²) >= 11 is 1.26. The van der Waals surface area contributed by atoms with Crippen molar-refractivity contribution >= 4 is 39.9 Å². The van der Waals surface area contributed by atoms with Gasteiger partial charge < -0.3 is 18.9 Å². The molecular weight excluding hydrogens is 649 g/mol. The van der Waals surface area contributed by atoms with Crippen molar-refractivity contribution in [2.24, 2.45) is 4.99 Å². The van der Waals surface area contributed by atoms with Crippen LogP contribution in [0, 0.1) is 0 Å². The minimum atomic E-state index is -0.849. The maximum Gasteiger partial charge on any atom is 0.338 e. The molecule has 0 fully saturated rings. The predicted molar refractivity (Wildman–Crippen MR) is 195 cm³/mol. The lowest BCUT2D eigenvalue weighted by Crippen LogP contribution is -2.40. The quantitative estimate of drug-likeness (QED) is 0.150. The van der Waals surface area contributed by atoms with Crippen LogP contribution < -0.4 is 29.1 Å². The summed E-state index contributed by atoms with van der Waals surface area (Å²) in [5.41, 5.74) is 3.67. The van der Waals surface area contributed by atoms with Crippen molar-refractivity contribution in [3.8, 4) is 17.2 Å². The molecule has 5 aromatic carbocycles. The van der Waals surface area contributed by atoms with E-state index in [9.17, 15) is 9.59 Å². The van der Waals surface area contributed by atoms with Crippen LogP contribution in [0.3, 0.4) is 0 Å². The average molecular weight is 683 g/mol. The molecule has 0 saturated carbocycles. The Morgan fingerprint density at radius 3 is 2.42 bits per heavy atom. The van der Waals surface area contributed by atoms with Crippen molar-refractivity contribution < 1.29 is 23.7 Å². The third-order valence-electron chi connectivity index (χ3n) is 8.53. The number of thiazole rings is 1. The van der Waals surface area contributed by atoms with Crippen molar-refractivity contribution in [3.05, 3.63) is 163 Å². The van der Waals surface area contributed by atoms with Gasteiger partial charge in [0.2, 0.25) is 0 Å². The number of carbonyl (C=O) groups is 1. The summed E-state index contributed by atoms with van der Waals surface area (Å²) in [6.07, 6.45) is 1.83. The molecule has 0 amide bonds. The number of ether oxygens (including phenoxy) is 4. The Morgan fingerprint density at radius 2 is 1.62 bits per heavy atom. The normalized spacial score (nSPS) is 14.2. The maximum atomic E-state index is 14.4. The number of hydrogen-bond acceptors (Lipinski definition) is 8. The molecule has 0 N–H and O–H groups in total. The van der Waals surface area contributed by atoms with E-state index < -0.39 is 12.0 Å². The lowest BCUT2D eigenvalue weighted by atomic mass is 9.93. The van der Waals surface area contributed by atoms with E-state index in [1.165, 1.54) is 11.3 Å². The summed E-state index contributed by atoms with van der Waals surface area (Å²) in [6, 6.07) is 36.0. The van der Waals surface area contributed by atoms with E-state index >= 15 is 0 Å². The molecule has 9 heteroatoms. The summed E-state index contributed by atoms with van der Waals surface area (Å²) in [6.45, 7) is 2.31. The van der Waals surface area contributed by atoms with Gasteiger partial charge in [-0.05, 0) is 64.7 Å². The fourth-order valence-electron chi connectivity index (χ4n) is 6.20. The molecule has 0 unspecified atom stereocenters. The van der Waals surface area contributed by atoms with Gasteiger partial charge in [-0.3, -0.25) is 9.36 Å². The SMILES string of the molecule is CCOC(=O)C1=C(c2ccccc2)N=c2s/c(=C\c3cccc(OCc4cccc5ccccc45)c3)c(=O)n2[C@@H]1c1ccc(OC)c(OC)c1. The Morgan fingerprint density at radius 1 is 0.860 bits per heavy atom. The predicted octanol–water partition coefficient (Wildman–Crippen LogP) is 6.69. The molecule has 8 nitrogen and oxygen atoms in total. The van der Waals surface area contributed by atoms with E-state index in [1.54, 1.807) is 37.8 Å². The molecule has 2 heterocycles. The second-order valence-corrected chi connectivity index (χ2v) is 12.6. The Kier molecular flexibility index (Phi) is 9.31. The Balaban J connectivity index is 1.34. The van der Waals surface area contributed by atoms with Crippen LogP contribution in [0.15, 0.2) is 131 Å². The molecule has 1 atom stereocenters. The van der Waals surface area contributed by atoms with E-state index in [0.29, 0.717) is 44.4 Å². The summed E-state index contributed by atoms with van der Waals surface area (Å²) < 4.78 is 25.0. The Bertz CT molecular complexity index is 2420. The van der Waals surface area contributed by atoms with Crippen LogP contribution in [0.4, 0.5) is 0 Å². The highest BCUT2D eigenvalue weighted by Gasteiger charge is 2.35. The van der Waals surface area contributed by atoms with E-state index in [-0.39, 0.29) is 17.7 Å². The third kappa shape index (κ3) is 6.31. The molecule has 0 bridgehead atoms. The van der Waals surface area contributed by atoms with Crippen molar-refractivity contribution in [2.45, 2.75) is 19.6 Å². The van der Waals surface area contributed by atoms with Crippen LogP contribution in [0.2, 0.25) is 0 Å². The summed E-state index contributed by atoms with van der Waals surface area (Å²) in [4.78, 5) is 33.6. The fourth-order valence-corrected chi connectivity index (χ4v) is 7.20. The van der Waals surface area contributed by atoms with Crippen molar-refractivity contribution in [1.29, 1.82) is 0 Å². The lowest BCUT2D eigenvalue weighted by molar-refractivity contribution is -0.138. The van der Waals surface area contributed by atoms with Crippen LogP contribution in [0.1, 0.15) is 35.2 Å². The number of rotatable bonds is 10. The minimum Gasteiger partial charge on any atom is -0.493 e. The fraction of sp³-hybridized carbons (Fsp3) is 0.146. The number of hydrogen-bond donors (Lipinski definition) is 0. The number of nitrogens with zero attached hydrogens (tertiary/aromatic N) is 2. The van der Waals surface area contributed by atoms with Crippen LogP contribution in [0.5, 0.6) is 17.2 Å². The smallest absolute Gasteiger partial charge is 0.338 e. The molecule has 0 saturated heterocycles. The number of benzene rings is 5. The van der Waals surface area contributed by atoms with E-state index in [0.717, 1.165) is 27.5 Å². The highest BCUT2D eigenvalue weighted by atomic mass is 32.1. The Hall–Kier alpha value is -5.93. The first-order valence-corrected chi connectivity index (χ1v) is 17.0. The largest absolute Gasteiger partial charge is 0.493 e. The molecule has 50 heavy (non-hydrogen) atoms. The first kappa shape index (κ1) is 32.6. The van der Waals surface area contributed by atoms with Crippen LogP contribution in [-0.4, -0.2) is 31.4 Å². The molecule has 1 aliphatic heterocycles. The number of fused-ring (bicyclic) bond motifs is 2. The second-order valence-electron chi connectivity index (χ2n) is 11.5. The zero-order valence-corrected chi connectivity index (χ0v) is 28.6. The van der Waals surface area contributed by atoms with Crippen LogP contribution in [0.25, 0.3) is 22.5 Å². The zero-order chi connectivity index (χ0) is 34.6. The van der Waals surface area contributed by atoms with Gasteiger partial charge in [-0.1, -0.05) is 102 Å². The van der Waals surface area contributed by atoms with Gasteiger partial charge in [-0.25, -0.2) is 9.79 Å². The molecule has 250 valence electrons. The first-order chi connectivity index (χ1) is 24.5. The van der Waals surface area contributed by atoms with Gasteiger partial charge >= 0.3 is 5.97 Å². The van der Waals surface area contributed by atoms with Crippen LogP contribution in [-0.2, 0) is 16.1 Å². The summed E-state index contributed by atoms with van der Waals surface area (Å²) in [7, 11) is 3.10. The van der Waals surface area contributed by atoms with Crippen molar-refractivity contribution in [2.75, 3.05) is 20.8 Å². The summed E-state index contributed by atoms with van der Waals surface area (Å²) in [5.74, 6) is 1.11. The topological polar surface area (TPSA) is 88.4 Å². The molecule has 0 aliphatic carbocycles. The maximum absolute atomic E-state index is 14.4. The number of esters is 1. The molecule has 6 aromatic rings. The van der Waals surface area contributed by atoms with Crippen molar-refractivity contribution in [1.82, 2.24) is 4.57 Å². The summed E-state index contributed by atoms with van der Waals surface area (Å²) in [5, 5.41) is 2.30. The minimum absolute atomic E-state index is 0.159. The van der Waals surface area contributed by atoms with Crippen molar-refractivity contribution in [3.63, 3.8) is 0 Å². The highest BCUT2D eigenvalue weighted by Crippen LogP contribution is 2.38. The zero-order valence-electron chi connectivity index (χ0n) is 27.8. The molecule has 1 aliphatic rings. The third-order valence-corrected chi connectivity index (χ3v) is 9.51. The monoisotopic (exact) mass is 682 g/mol. The Labute approximate surface area is 292 Å². The van der Waals surface area contributed by atoms with Gasteiger partial charge in [0.1, 0.15) is 12.4 Å². The van der Waals surface area contributed by atoms with E-state index in [1.807, 2.05) is 84.9 Å². The highest BCUT2D eigenvalue weighted by molar-refractivity contribution is 7.07. The number of methoxy groups -OCH3 is 2. The first-order valence-electron chi connectivity index (χ1n) is 16.2. The van der Waals surface area contributed by atoms with E-state index in [2.05, 4.69) is 24.3 Å². The molecule has 1 aromatic heterocycles. The van der Waals surface area contributed by atoms with Gasteiger partial charge in [0.05, 0.1) is 42.7 Å². The second kappa shape index (κ2) is 14.3. The van der Waals surface area contributed by atoms with Crippen LogP contribution >= 0.6 is 11.3 Å². The number of carbonyl (C=O) groups excluding carboxylic acids is 1. The average Bonchev–Trinajstić information content (AvgIpc) is 3.47. The number of aromatic nitrogens is 1. The molecular formula is C41H34N2O6S. The van der Waals surface area contributed by atoms with E-state index in [4.69, 9.17) is 23.9 Å². The van der Waals surface area contributed by atoms with Gasteiger partial charge in [-0.2, -0.15) is 0 Å². The molecule has 7 rings (SSSR count).